The topological polar surface area (TPSA) is 69.7 Å². The maximum Gasteiger partial charge on any atom is 0.710 e. The van der Waals surface area contributed by atoms with Crippen molar-refractivity contribution in [3.05, 3.63) is 211 Å². The molecule has 0 bridgehead atoms. The van der Waals surface area contributed by atoms with Gasteiger partial charge in [0.1, 0.15) is 0 Å². The van der Waals surface area contributed by atoms with E-state index in [2.05, 4.69) is 40.9 Å². The Morgan fingerprint density at radius 2 is 0.839 bits per heavy atom. The van der Waals surface area contributed by atoms with E-state index in [-0.39, 0.29) is 33.4 Å². The van der Waals surface area contributed by atoms with E-state index in [0.717, 1.165) is 23.3 Å². The van der Waals surface area contributed by atoms with Gasteiger partial charge in [-0.25, -0.2) is 0 Å². The van der Waals surface area contributed by atoms with Crippen LogP contribution in [0.15, 0.2) is 167 Å². The number of ketones is 2. The Morgan fingerprint density at radius 3 is 1.16 bits per heavy atom. The molecule has 0 fully saturated rings. The second-order valence-electron chi connectivity index (χ2n) is 12.9. The molecule has 5 nitrogen and oxygen atoms in total. The van der Waals surface area contributed by atoms with Crippen molar-refractivity contribution < 1.29 is 40.8 Å². The predicted octanol–water partition coefficient (Wildman–Crippen LogP) is 13.1. The highest BCUT2D eigenvalue weighted by atomic mass is 79.9. The molecule has 0 radical (unpaired) electrons. The van der Waals surface area contributed by atoms with Gasteiger partial charge >= 0.3 is 20.5 Å². The van der Waals surface area contributed by atoms with Gasteiger partial charge in [-0.05, 0) is 68.4 Å². The number of halogens is 6. The molecule has 2 atom stereocenters. The van der Waals surface area contributed by atoms with Crippen LogP contribution in [0.3, 0.4) is 0 Å². The van der Waals surface area contributed by atoms with E-state index in [0.29, 0.717) is 22.3 Å². The summed E-state index contributed by atoms with van der Waals surface area (Å²) in [5.41, 5.74) is 1.93. The predicted molar refractivity (Wildman–Crippen MR) is 213 cm³/mol. The van der Waals surface area contributed by atoms with Crippen LogP contribution in [0.5, 0.6) is 0 Å². The van der Waals surface area contributed by atoms with E-state index >= 15 is 17.6 Å². The maximum absolute atomic E-state index is 15.4. The molecule has 0 N–H and O–H groups in total. The summed E-state index contributed by atoms with van der Waals surface area (Å²) in [6.07, 6.45) is -8.32. The summed E-state index contributed by atoms with van der Waals surface area (Å²) in [4.78, 5) is 27.1. The quantitative estimate of drug-likeness (QED) is 0.0550. The van der Waals surface area contributed by atoms with Crippen LogP contribution >= 0.6 is 40.1 Å². The normalized spacial score (nSPS) is 13.1. The van der Waals surface area contributed by atoms with Crippen LogP contribution in [-0.4, -0.2) is 11.6 Å². The molecule has 6 aromatic carbocycles. The van der Waals surface area contributed by atoms with Crippen LogP contribution < -0.4 is 0 Å². The summed E-state index contributed by atoms with van der Waals surface area (Å²) in [7, 11) is -4.08. The molecule has 2 unspecified atom stereocenters. The summed E-state index contributed by atoms with van der Waals surface area (Å²) in [5, 5.41) is 0. The largest absolute Gasteiger partial charge is 0.710 e. The van der Waals surface area contributed by atoms with Crippen molar-refractivity contribution in [1.29, 1.82) is 0 Å². The number of hydrogen-bond acceptors (Lipinski definition) is 5. The van der Waals surface area contributed by atoms with Crippen molar-refractivity contribution in [2.75, 3.05) is 0 Å². The fraction of sp³-hybridized carbons (Fsp3) is 0.136. The number of carbonyl (C=O) groups is 2. The Morgan fingerprint density at radius 1 is 0.518 bits per heavy atom. The summed E-state index contributed by atoms with van der Waals surface area (Å²) >= 11 is 6.23. The molecule has 56 heavy (non-hydrogen) atoms. The maximum atomic E-state index is 15.4. The SMILES string of the molecule is O=C(c1ccccc1)C(Cc1ccc(C(F)(F)O[P+](=O)OC(F)(F)c2ccc(CC(C(=O)c3ccccc3)c3ccccc3)cc2Br)c(Br)c1)c1ccccc1. The van der Waals surface area contributed by atoms with Crippen molar-refractivity contribution >= 4 is 51.7 Å². The summed E-state index contributed by atoms with van der Waals surface area (Å²) in [6.45, 7) is 0. The van der Waals surface area contributed by atoms with Crippen LogP contribution in [-0.2, 0) is 38.7 Å². The first-order valence-electron chi connectivity index (χ1n) is 17.3. The Kier molecular flexibility index (Phi) is 13.2. The second-order valence-corrected chi connectivity index (χ2v) is 15.4. The lowest BCUT2D eigenvalue weighted by Gasteiger charge is -2.19. The lowest BCUT2D eigenvalue weighted by atomic mass is 9.85. The number of hydrogen-bond donors (Lipinski definition) is 0. The number of carbonyl (C=O) groups excluding carboxylic acids is 2. The van der Waals surface area contributed by atoms with E-state index in [4.69, 9.17) is 0 Å². The van der Waals surface area contributed by atoms with Gasteiger partial charge in [-0.1, -0.05) is 165 Å². The molecule has 0 saturated carbocycles. The van der Waals surface area contributed by atoms with Gasteiger partial charge < -0.3 is 0 Å². The summed E-state index contributed by atoms with van der Waals surface area (Å²) < 4.78 is 82.5. The minimum atomic E-state index is -4.32. The highest BCUT2D eigenvalue weighted by Crippen LogP contribution is 2.49. The molecule has 6 rings (SSSR count). The zero-order valence-corrected chi connectivity index (χ0v) is 33.4. The minimum absolute atomic E-state index is 0.156. The van der Waals surface area contributed by atoms with Crippen molar-refractivity contribution in [3.8, 4) is 0 Å². The molecule has 0 aliphatic rings. The van der Waals surface area contributed by atoms with Gasteiger partial charge in [-0.3, -0.25) is 9.59 Å². The molecular formula is C44H32Br2F4O5P+. The molecule has 0 amide bonds. The average Bonchev–Trinajstić information content (AvgIpc) is 3.19. The molecule has 0 aliphatic carbocycles. The molecule has 0 aliphatic heterocycles. The Bertz CT molecular complexity index is 2150. The van der Waals surface area contributed by atoms with Crippen LogP contribution in [0, 0.1) is 0 Å². The highest BCUT2D eigenvalue weighted by Gasteiger charge is 2.53. The fourth-order valence-electron chi connectivity index (χ4n) is 6.32. The van der Waals surface area contributed by atoms with E-state index in [1.54, 1.807) is 84.9 Å². The molecular weight excluding hydrogens is 875 g/mol. The monoisotopic (exact) mass is 905 g/mol. The number of Topliss-reactive ketones (excluding diaryl/α,β-unsaturated/α-hetero) is 2. The van der Waals surface area contributed by atoms with Crippen LogP contribution in [0.1, 0.15) is 65.9 Å². The Hall–Kier alpha value is -4.64. The highest BCUT2D eigenvalue weighted by molar-refractivity contribution is 9.10. The third kappa shape index (κ3) is 10.0. The van der Waals surface area contributed by atoms with Gasteiger partial charge in [0.15, 0.2) is 11.6 Å². The lowest BCUT2D eigenvalue weighted by Crippen LogP contribution is -2.20. The van der Waals surface area contributed by atoms with Crippen LogP contribution in [0.25, 0.3) is 0 Å². The summed E-state index contributed by atoms with van der Waals surface area (Å²) in [5.74, 6) is -1.57. The molecule has 0 saturated heterocycles. The molecule has 12 heteroatoms. The molecule has 6 aromatic rings. The third-order valence-electron chi connectivity index (χ3n) is 9.11. The second kappa shape index (κ2) is 18.1. The number of benzene rings is 6. The average molecular weight is 908 g/mol. The van der Waals surface area contributed by atoms with Gasteiger partial charge in [0.05, 0.1) is 23.0 Å². The van der Waals surface area contributed by atoms with Gasteiger partial charge in [-0.15, -0.1) is 0 Å². The zero-order valence-electron chi connectivity index (χ0n) is 29.3. The third-order valence-corrected chi connectivity index (χ3v) is 11.2. The first kappa shape index (κ1) is 41.0. The van der Waals surface area contributed by atoms with E-state index in [1.807, 2.05) is 36.4 Å². The van der Waals surface area contributed by atoms with Crippen molar-refractivity contribution in [1.82, 2.24) is 0 Å². The van der Waals surface area contributed by atoms with Crippen LogP contribution in [0.2, 0.25) is 0 Å². The van der Waals surface area contributed by atoms with E-state index < -0.39 is 43.4 Å². The van der Waals surface area contributed by atoms with Gasteiger partial charge in [0.25, 0.3) is 0 Å². The molecule has 284 valence electrons. The minimum Gasteiger partial charge on any atom is -0.293 e. The Balaban J connectivity index is 1.14. The van der Waals surface area contributed by atoms with Gasteiger partial charge in [-0.2, -0.15) is 17.6 Å². The number of alkyl halides is 4. The van der Waals surface area contributed by atoms with Crippen molar-refractivity contribution in [2.45, 2.75) is 36.9 Å². The zero-order chi connectivity index (χ0) is 39.9. The Labute approximate surface area is 338 Å². The lowest BCUT2D eigenvalue weighted by molar-refractivity contribution is -0.221. The van der Waals surface area contributed by atoms with Crippen LogP contribution in [0.4, 0.5) is 17.6 Å². The summed E-state index contributed by atoms with van der Waals surface area (Å²) in [6, 6.07) is 43.0. The standard InChI is InChI=1S/C44H32Br2F4O5P/c45-39-27-29(25-35(31-13-5-1-6-14-31)41(51)33-17-9-3-10-18-33)21-23-37(39)43(47,48)54-56(53)55-44(49,50)38-24-22-30(28-40(38)46)26-36(32-15-7-2-8-16-32)42(52)34-19-11-4-12-20-34/h1-24,27-28,35-36H,25-26H2/q+1. The van der Waals surface area contributed by atoms with E-state index in [1.165, 1.54) is 24.3 Å². The molecule has 0 heterocycles. The van der Waals surface area contributed by atoms with Gasteiger partial charge in [0, 0.05) is 24.6 Å². The first-order chi connectivity index (χ1) is 26.8. The van der Waals surface area contributed by atoms with Crippen molar-refractivity contribution in [2.24, 2.45) is 0 Å². The van der Waals surface area contributed by atoms with Crippen molar-refractivity contribution in [3.63, 3.8) is 0 Å². The van der Waals surface area contributed by atoms with Gasteiger partial charge in [0.2, 0.25) is 0 Å². The fourth-order valence-corrected chi connectivity index (χ4v) is 8.24. The number of rotatable bonds is 16. The molecule has 0 spiro atoms. The first-order valence-corrected chi connectivity index (χ1v) is 20.0. The van der Waals surface area contributed by atoms with E-state index in [9.17, 15) is 14.2 Å². The molecule has 0 aromatic heterocycles. The smallest absolute Gasteiger partial charge is 0.293 e.